The molecule has 2 aliphatic rings. The maximum Gasteiger partial charge on any atom is 0.225 e. The summed E-state index contributed by atoms with van der Waals surface area (Å²) >= 11 is 0. The van der Waals surface area contributed by atoms with E-state index in [-0.39, 0.29) is 5.91 Å². The Hall–Kier alpha value is -3.16. The van der Waals surface area contributed by atoms with Gasteiger partial charge in [-0.2, -0.15) is 0 Å². The lowest BCUT2D eigenvalue weighted by Gasteiger charge is -2.36. The van der Waals surface area contributed by atoms with Crippen LogP contribution in [0, 0.1) is 0 Å². The zero-order valence-electron chi connectivity index (χ0n) is 18.2. The van der Waals surface area contributed by atoms with Crippen LogP contribution in [0.4, 0.5) is 5.95 Å². The molecule has 0 bridgehead atoms. The summed E-state index contributed by atoms with van der Waals surface area (Å²) in [5.41, 5.74) is 2.33. The number of hydrogen-bond donors (Lipinski definition) is 1. The number of benzene rings is 1. The molecule has 8 heteroatoms. The summed E-state index contributed by atoms with van der Waals surface area (Å²) in [4.78, 5) is 32.0. The van der Waals surface area contributed by atoms with Crippen LogP contribution in [0.25, 0.3) is 0 Å². The molecular weight excluding hydrogens is 390 g/mol. The van der Waals surface area contributed by atoms with E-state index in [4.69, 9.17) is 4.99 Å². The molecule has 2 aromatic rings. The molecule has 0 atom stereocenters. The molecule has 2 fully saturated rings. The van der Waals surface area contributed by atoms with Gasteiger partial charge in [0.25, 0.3) is 0 Å². The summed E-state index contributed by atoms with van der Waals surface area (Å²) in [6.07, 6.45) is 5.22. The lowest BCUT2D eigenvalue weighted by Crippen LogP contribution is -2.52. The van der Waals surface area contributed by atoms with Gasteiger partial charge in [0.15, 0.2) is 5.96 Å². The molecule has 31 heavy (non-hydrogen) atoms. The van der Waals surface area contributed by atoms with E-state index in [0.29, 0.717) is 19.5 Å². The van der Waals surface area contributed by atoms with Crippen LogP contribution in [0.1, 0.15) is 30.9 Å². The van der Waals surface area contributed by atoms with E-state index in [1.54, 1.807) is 12.4 Å². The minimum absolute atomic E-state index is 0.262. The predicted octanol–water partition coefficient (Wildman–Crippen LogP) is 1.89. The quantitative estimate of drug-likeness (QED) is 0.567. The molecule has 0 aliphatic carbocycles. The van der Waals surface area contributed by atoms with Crippen LogP contribution >= 0.6 is 0 Å². The number of aromatic nitrogens is 2. The van der Waals surface area contributed by atoms with E-state index in [1.807, 2.05) is 11.0 Å². The standard InChI is InChI=1S/C23H31N7O/c1-2-24-22(28-12-14-29(15-13-28)23-25-9-5-10-26-23)27-17-19-6-3-7-20(16-19)18-30-11-4-8-21(30)31/h3,5-7,9-10,16H,2,4,8,11-15,17-18H2,1H3,(H,24,27). The van der Waals surface area contributed by atoms with Crippen molar-refractivity contribution in [2.75, 3.05) is 44.2 Å². The van der Waals surface area contributed by atoms with Gasteiger partial charge in [0.2, 0.25) is 11.9 Å². The second-order valence-electron chi connectivity index (χ2n) is 7.93. The highest BCUT2D eigenvalue weighted by atomic mass is 16.2. The molecule has 0 radical (unpaired) electrons. The van der Waals surface area contributed by atoms with Gasteiger partial charge in [-0.05, 0) is 30.5 Å². The van der Waals surface area contributed by atoms with Crippen LogP contribution in [0.2, 0.25) is 0 Å². The largest absolute Gasteiger partial charge is 0.357 e. The van der Waals surface area contributed by atoms with Gasteiger partial charge in [-0.3, -0.25) is 4.79 Å². The molecule has 1 N–H and O–H groups in total. The number of guanidine groups is 1. The van der Waals surface area contributed by atoms with Gasteiger partial charge in [0, 0.05) is 64.6 Å². The van der Waals surface area contributed by atoms with Gasteiger partial charge in [-0.25, -0.2) is 15.0 Å². The van der Waals surface area contributed by atoms with Gasteiger partial charge in [-0.1, -0.05) is 24.3 Å². The zero-order chi connectivity index (χ0) is 21.5. The van der Waals surface area contributed by atoms with Crippen molar-refractivity contribution in [3.05, 3.63) is 53.9 Å². The van der Waals surface area contributed by atoms with E-state index >= 15 is 0 Å². The first-order valence-corrected chi connectivity index (χ1v) is 11.1. The average molecular weight is 422 g/mol. The number of carbonyl (C=O) groups excluding carboxylic acids is 1. The first kappa shape index (κ1) is 21.1. The van der Waals surface area contributed by atoms with E-state index in [1.165, 1.54) is 5.56 Å². The zero-order valence-corrected chi connectivity index (χ0v) is 18.2. The maximum atomic E-state index is 11.9. The topological polar surface area (TPSA) is 77.0 Å². The molecule has 1 aromatic heterocycles. The lowest BCUT2D eigenvalue weighted by atomic mass is 10.1. The highest BCUT2D eigenvalue weighted by Crippen LogP contribution is 2.16. The van der Waals surface area contributed by atoms with Crippen LogP contribution in [-0.4, -0.2) is 70.9 Å². The normalized spacial score (nSPS) is 17.4. The van der Waals surface area contributed by atoms with Gasteiger partial charge in [0.05, 0.1) is 6.54 Å². The fourth-order valence-electron chi connectivity index (χ4n) is 4.08. The molecule has 164 valence electrons. The molecule has 0 saturated carbocycles. The minimum atomic E-state index is 0.262. The molecule has 0 spiro atoms. The molecule has 4 rings (SSSR count). The second kappa shape index (κ2) is 10.2. The van der Waals surface area contributed by atoms with Gasteiger partial charge in [-0.15, -0.1) is 0 Å². The van der Waals surface area contributed by atoms with Crippen molar-refractivity contribution in [3.63, 3.8) is 0 Å². The molecule has 2 saturated heterocycles. The summed E-state index contributed by atoms with van der Waals surface area (Å²) in [6.45, 7) is 8.59. The Labute approximate surface area is 184 Å². The summed E-state index contributed by atoms with van der Waals surface area (Å²) < 4.78 is 0. The van der Waals surface area contributed by atoms with Crippen molar-refractivity contribution in [1.29, 1.82) is 0 Å². The van der Waals surface area contributed by atoms with Crippen LogP contribution in [0.15, 0.2) is 47.7 Å². The summed E-state index contributed by atoms with van der Waals surface area (Å²) in [7, 11) is 0. The number of likely N-dealkylation sites (tertiary alicyclic amines) is 1. The summed E-state index contributed by atoms with van der Waals surface area (Å²) in [5.74, 6) is 1.99. The molecule has 0 unspecified atom stereocenters. The van der Waals surface area contributed by atoms with E-state index < -0.39 is 0 Å². The van der Waals surface area contributed by atoms with E-state index in [9.17, 15) is 4.79 Å². The Bertz CT molecular complexity index is 894. The number of nitrogens with one attached hydrogen (secondary N) is 1. The Kier molecular flexibility index (Phi) is 6.96. The number of piperazine rings is 1. The van der Waals surface area contributed by atoms with Gasteiger partial charge >= 0.3 is 0 Å². The Balaban J connectivity index is 1.37. The van der Waals surface area contributed by atoms with Crippen molar-refractivity contribution in [1.82, 2.24) is 25.1 Å². The first-order chi connectivity index (χ1) is 15.2. The van der Waals surface area contributed by atoms with Crippen molar-refractivity contribution >= 4 is 17.8 Å². The third-order valence-corrected chi connectivity index (χ3v) is 5.70. The predicted molar refractivity (Wildman–Crippen MR) is 122 cm³/mol. The number of carbonyl (C=O) groups is 1. The number of nitrogens with zero attached hydrogens (tertiary/aromatic N) is 6. The monoisotopic (exact) mass is 421 g/mol. The number of hydrogen-bond acceptors (Lipinski definition) is 5. The van der Waals surface area contributed by atoms with Crippen LogP contribution < -0.4 is 10.2 Å². The van der Waals surface area contributed by atoms with E-state index in [2.05, 4.69) is 56.3 Å². The Morgan fingerprint density at radius 1 is 1.06 bits per heavy atom. The SMILES string of the molecule is CCNC(=NCc1cccc(CN2CCCC2=O)c1)N1CCN(c2ncccn2)CC1. The highest BCUT2D eigenvalue weighted by molar-refractivity contribution is 5.80. The lowest BCUT2D eigenvalue weighted by molar-refractivity contribution is -0.128. The molecule has 1 aromatic carbocycles. The molecule has 2 aliphatic heterocycles. The van der Waals surface area contributed by atoms with E-state index in [0.717, 1.165) is 63.2 Å². The van der Waals surface area contributed by atoms with Crippen molar-refractivity contribution in [3.8, 4) is 0 Å². The fraction of sp³-hybridized carbons (Fsp3) is 0.478. The summed E-state index contributed by atoms with van der Waals surface area (Å²) in [6, 6.07) is 10.3. The smallest absolute Gasteiger partial charge is 0.225 e. The Morgan fingerprint density at radius 3 is 2.55 bits per heavy atom. The number of rotatable bonds is 6. The van der Waals surface area contributed by atoms with Gasteiger partial charge in [0.1, 0.15) is 0 Å². The molecule has 1 amide bonds. The fourth-order valence-corrected chi connectivity index (χ4v) is 4.08. The molecule has 8 nitrogen and oxygen atoms in total. The average Bonchev–Trinajstić information content (AvgIpc) is 3.22. The second-order valence-corrected chi connectivity index (χ2v) is 7.93. The number of amides is 1. The summed E-state index contributed by atoms with van der Waals surface area (Å²) in [5, 5.41) is 3.43. The number of anilines is 1. The van der Waals surface area contributed by atoms with Crippen molar-refractivity contribution in [2.45, 2.75) is 32.9 Å². The Morgan fingerprint density at radius 2 is 1.84 bits per heavy atom. The van der Waals surface area contributed by atoms with Crippen molar-refractivity contribution < 1.29 is 4.79 Å². The van der Waals surface area contributed by atoms with Crippen LogP contribution in [-0.2, 0) is 17.9 Å². The van der Waals surface area contributed by atoms with Crippen LogP contribution in [0.5, 0.6) is 0 Å². The molecular formula is C23H31N7O. The number of aliphatic imine (C=N–C) groups is 1. The van der Waals surface area contributed by atoms with Crippen LogP contribution in [0.3, 0.4) is 0 Å². The third kappa shape index (κ3) is 5.51. The van der Waals surface area contributed by atoms with Gasteiger partial charge < -0.3 is 20.0 Å². The third-order valence-electron chi connectivity index (χ3n) is 5.70. The maximum absolute atomic E-state index is 11.9. The minimum Gasteiger partial charge on any atom is -0.357 e. The first-order valence-electron chi connectivity index (χ1n) is 11.1. The molecule has 3 heterocycles. The highest BCUT2D eigenvalue weighted by Gasteiger charge is 2.21. The van der Waals surface area contributed by atoms with Crippen molar-refractivity contribution in [2.24, 2.45) is 4.99 Å².